The van der Waals surface area contributed by atoms with Crippen LogP contribution >= 0.6 is 0 Å². The molecular weight excluding hydrogens is 237 g/mol. The van der Waals surface area contributed by atoms with Crippen LogP contribution in [0.3, 0.4) is 0 Å². The van der Waals surface area contributed by atoms with Crippen molar-refractivity contribution in [2.24, 2.45) is 0 Å². The maximum absolute atomic E-state index is 12.7. The van der Waals surface area contributed by atoms with Crippen LogP contribution in [0.5, 0.6) is 11.5 Å². The molecule has 3 rings (SSSR count). The lowest BCUT2D eigenvalue weighted by atomic mass is 10.3. The fraction of sp³-hybridized carbons (Fsp3) is 0. The van der Waals surface area contributed by atoms with Gasteiger partial charge in [0.05, 0.1) is 11.7 Å². The molecule has 0 atom stereocenters. The van der Waals surface area contributed by atoms with Crippen molar-refractivity contribution in [2.75, 3.05) is 0 Å². The third-order valence-corrected chi connectivity index (χ3v) is 2.39. The summed E-state index contributed by atoms with van der Waals surface area (Å²) in [7, 11) is 0. The molecule has 0 aliphatic rings. The Morgan fingerprint density at radius 1 is 1.11 bits per heavy atom. The first-order chi connectivity index (χ1) is 8.70. The molecule has 0 spiro atoms. The third kappa shape index (κ3) is 1.95. The van der Waals surface area contributed by atoms with Gasteiger partial charge < -0.3 is 9.72 Å². The van der Waals surface area contributed by atoms with Gasteiger partial charge in [0.2, 0.25) is 0 Å². The molecule has 0 saturated heterocycles. The summed E-state index contributed by atoms with van der Waals surface area (Å²) >= 11 is 0. The lowest BCUT2D eigenvalue weighted by Crippen LogP contribution is -1.99. The van der Waals surface area contributed by atoms with Crippen LogP contribution in [0.15, 0.2) is 41.3 Å². The lowest BCUT2D eigenvalue weighted by molar-refractivity contribution is 0.479. The molecular formula is C12H8FN3O2. The SMILES string of the molecule is O=c1[nH]c2cc(Oc3ccc(F)cc3)cnc2[nH]1. The van der Waals surface area contributed by atoms with Gasteiger partial charge in [0.1, 0.15) is 17.3 Å². The molecule has 2 heterocycles. The highest BCUT2D eigenvalue weighted by Crippen LogP contribution is 2.22. The Hall–Kier alpha value is -2.63. The van der Waals surface area contributed by atoms with Crippen molar-refractivity contribution < 1.29 is 9.13 Å². The first kappa shape index (κ1) is 10.5. The Kier molecular flexibility index (Phi) is 2.33. The van der Waals surface area contributed by atoms with Crippen molar-refractivity contribution in [3.63, 3.8) is 0 Å². The number of fused-ring (bicyclic) bond motifs is 1. The van der Waals surface area contributed by atoms with E-state index in [0.29, 0.717) is 22.7 Å². The first-order valence-electron chi connectivity index (χ1n) is 5.22. The molecule has 18 heavy (non-hydrogen) atoms. The van der Waals surface area contributed by atoms with Gasteiger partial charge in [0, 0.05) is 6.07 Å². The van der Waals surface area contributed by atoms with Gasteiger partial charge in [0.25, 0.3) is 0 Å². The normalized spacial score (nSPS) is 10.7. The van der Waals surface area contributed by atoms with Crippen LogP contribution in [-0.4, -0.2) is 15.0 Å². The number of rotatable bonds is 2. The fourth-order valence-electron chi connectivity index (χ4n) is 1.60. The second-order valence-corrected chi connectivity index (χ2v) is 3.70. The molecule has 90 valence electrons. The Balaban J connectivity index is 1.94. The Morgan fingerprint density at radius 3 is 2.67 bits per heavy atom. The number of hydrogen-bond donors (Lipinski definition) is 2. The number of ether oxygens (including phenoxy) is 1. The summed E-state index contributed by atoms with van der Waals surface area (Å²) < 4.78 is 18.2. The van der Waals surface area contributed by atoms with Crippen molar-refractivity contribution in [3.8, 4) is 11.5 Å². The van der Waals surface area contributed by atoms with Crippen molar-refractivity contribution in [1.82, 2.24) is 15.0 Å². The quantitative estimate of drug-likeness (QED) is 0.727. The summed E-state index contributed by atoms with van der Waals surface area (Å²) in [6, 6.07) is 7.28. The zero-order valence-corrected chi connectivity index (χ0v) is 9.11. The highest BCUT2D eigenvalue weighted by Gasteiger charge is 2.03. The average Bonchev–Trinajstić information content (AvgIpc) is 2.71. The van der Waals surface area contributed by atoms with Gasteiger partial charge in [-0.2, -0.15) is 0 Å². The van der Waals surface area contributed by atoms with E-state index in [-0.39, 0.29) is 11.5 Å². The van der Waals surface area contributed by atoms with E-state index in [2.05, 4.69) is 15.0 Å². The number of nitrogens with zero attached hydrogens (tertiary/aromatic N) is 1. The molecule has 0 aliphatic carbocycles. The fourth-order valence-corrected chi connectivity index (χ4v) is 1.60. The molecule has 0 aliphatic heterocycles. The van der Waals surface area contributed by atoms with E-state index in [0.717, 1.165) is 0 Å². The number of aromatic amines is 2. The summed E-state index contributed by atoms with van der Waals surface area (Å²) in [6.45, 7) is 0. The summed E-state index contributed by atoms with van der Waals surface area (Å²) in [4.78, 5) is 20.2. The number of hydrogen-bond acceptors (Lipinski definition) is 3. The summed E-state index contributed by atoms with van der Waals surface area (Å²) in [5.41, 5.74) is 0.697. The molecule has 0 saturated carbocycles. The number of aromatic nitrogens is 3. The molecule has 2 N–H and O–H groups in total. The van der Waals surface area contributed by atoms with Crippen LogP contribution in [0.2, 0.25) is 0 Å². The number of H-pyrrole nitrogens is 2. The van der Waals surface area contributed by atoms with E-state index in [1.165, 1.54) is 30.5 Å². The van der Waals surface area contributed by atoms with Gasteiger partial charge in [-0.1, -0.05) is 0 Å². The maximum atomic E-state index is 12.7. The summed E-state index contributed by atoms with van der Waals surface area (Å²) in [5.74, 6) is 0.630. The van der Waals surface area contributed by atoms with Crippen LogP contribution in [0.4, 0.5) is 4.39 Å². The average molecular weight is 245 g/mol. The molecule has 5 nitrogen and oxygen atoms in total. The highest BCUT2D eigenvalue weighted by atomic mass is 19.1. The molecule has 3 aromatic rings. The first-order valence-corrected chi connectivity index (χ1v) is 5.22. The monoisotopic (exact) mass is 245 g/mol. The zero-order chi connectivity index (χ0) is 12.5. The van der Waals surface area contributed by atoms with Gasteiger partial charge in [-0.25, -0.2) is 14.2 Å². The molecule has 2 aromatic heterocycles. The van der Waals surface area contributed by atoms with Gasteiger partial charge in [-0.15, -0.1) is 0 Å². The van der Waals surface area contributed by atoms with Gasteiger partial charge in [-0.05, 0) is 24.3 Å². The second-order valence-electron chi connectivity index (χ2n) is 3.70. The van der Waals surface area contributed by atoms with Crippen molar-refractivity contribution >= 4 is 11.2 Å². The van der Waals surface area contributed by atoms with E-state index < -0.39 is 0 Å². The molecule has 0 bridgehead atoms. The topological polar surface area (TPSA) is 70.8 Å². The lowest BCUT2D eigenvalue weighted by Gasteiger charge is -2.04. The summed E-state index contributed by atoms with van der Waals surface area (Å²) in [5, 5.41) is 0. The minimum Gasteiger partial charge on any atom is -0.456 e. The van der Waals surface area contributed by atoms with E-state index in [9.17, 15) is 9.18 Å². The number of imidazole rings is 1. The van der Waals surface area contributed by atoms with Gasteiger partial charge in [-0.3, -0.25) is 4.98 Å². The minimum absolute atomic E-state index is 0.323. The summed E-state index contributed by atoms with van der Waals surface area (Å²) in [6.07, 6.45) is 1.48. The van der Waals surface area contributed by atoms with E-state index in [1.54, 1.807) is 6.07 Å². The van der Waals surface area contributed by atoms with Crippen LogP contribution in [0.1, 0.15) is 0 Å². The van der Waals surface area contributed by atoms with Crippen molar-refractivity contribution in [1.29, 1.82) is 0 Å². The second kappa shape index (κ2) is 3.99. The van der Waals surface area contributed by atoms with E-state index >= 15 is 0 Å². The predicted molar refractivity (Wildman–Crippen MR) is 63.2 cm³/mol. The van der Waals surface area contributed by atoms with Crippen LogP contribution < -0.4 is 10.4 Å². The van der Waals surface area contributed by atoms with Gasteiger partial charge >= 0.3 is 5.69 Å². The number of nitrogens with one attached hydrogen (secondary N) is 2. The molecule has 0 radical (unpaired) electrons. The molecule has 1 aromatic carbocycles. The van der Waals surface area contributed by atoms with Crippen LogP contribution in [-0.2, 0) is 0 Å². The number of halogens is 1. The predicted octanol–water partition coefficient (Wildman–Crippen LogP) is 2.18. The van der Waals surface area contributed by atoms with E-state index in [4.69, 9.17) is 4.74 Å². The van der Waals surface area contributed by atoms with Crippen LogP contribution in [0.25, 0.3) is 11.2 Å². The molecule has 0 fully saturated rings. The number of benzene rings is 1. The Bertz CT molecular complexity index is 746. The zero-order valence-electron chi connectivity index (χ0n) is 9.11. The molecule has 0 unspecified atom stereocenters. The maximum Gasteiger partial charge on any atom is 0.325 e. The van der Waals surface area contributed by atoms with E-state index in [1.807, 2.05) is 0 Å². The third-order valence-electron chi connectivity index (χ3n) is 2.39. The Morgan fingerprint density at radius 2 is 1.89 bits per heavy atom. The largest absolute Gasteiger partial charge is 0.456 e. The molecule has 6 heteroatoms. The van der Waals surface area contributed by atoms with Crippen molar-refractivity contribution in [3.05, 3.63) is 52.8 Å². The van der Waals surface area contributed by atoms with Crippen molar-refractivity contribution in [2.45, 2.75) is 0 Å². The smallest absolute Gasteiger partial charge is 0.325 e. The van der Waals surface area contributed by atoms with Crippen LogP contribution in [0, 0.1) is 5.82 Å². The van der Waals surface area contributed by atoms with Gasteiger partial charge in [0.15, 0.2) is 5.65 Å². The minimum atomic E-state index is -0.328. The standard InChI is InChI=1S/C12H8FN3O2/c13-7-1-3-8(4-2-7)18-9-5-10-11(14-6-9)16-12(17)15-10/h1-6H,(H2,14,15,16,17). The number of pyridine rings is 1. The Labute approximate surface area is 100 Å². The highest BCUT2D eigenvalue weighted by molar-refractivity contribution is 5.71. The molecule has 0 amide bonds.